The molecule has 1 aromatic carbocycles. The smallest absolute Gasteiger partial charge is 0.416 e. The fourth-order valence-corrected chi connectivity index (χ4v) is 2.99. The van der Waals surface area contributed by atoms with Crippen LogP contribution in [0.5, 0.6) is 0 Å². The van der Waals surface area contributed by atoms with Gasteiger partial charge in [-0.2, -0.15) is 13.2 Å². The third-order valence-electron chi connectivity index (χ3n) is 4.13. The largest absolute Gasteiger partial charge is 0.424 e. The Kier molecular flexibility index (Phi) is 4.60. The molecular weight excluding hydrogens is 323 g/mol. The molecule has 1 saturated heterocycles. The Morgan fingerprint density at radius 2 is 2.04 bits per heavy atom. The van der Waals surface area contributed by atoms with Crippen LogP contribution in [0.3, 0.4) is 0 Å². The van der Waals surface area contributed by atoms with Gasteiger partial charge < -0.3 is 9.52 Å². The van der Waals surface area contributed by atoms with Crippen LogP contribution < -0.4 is 0 Å². The summed E-state index contributed by atoms with van der Waals surface area (Å²) in [6, 6.07) is 4.91. The summed E-state index contributed by atoms with van der Waals surface area (Å²) >= 11 is 0. The predicted molar refractivity (Wildman–Crippen MR) is 78.9 cm³/mol. The van der Waals surface area contributed by atoms with E-state index in [2.05, 4.69) is 10.2 Å². The lowest BCUT2D eigenvalue weighted by Crippen LogP contribution is -2.24. The normalized spacial score (nSPS) is 22.2. The van der Waals surface area contributed by atoms with Gasteiger partial charge in [0.05, 0.1) is 18.2 Å². The Labute approximate surface area is 137 Å². The minimum absolute atomic E-state index is 0.297. The van der Waals surface area contributed by atoms with Gasteiger partial charge in [0.2, 0.25) is 11.8 Å². The second kappa shape index (κ2) is 6.52. The number of rotatable bonds is 4. The van der Waals surface area contributed by atoms with Crippen LogP contribution in [0.15, 0.2) is 28.7 Å². The number of aliphatic hydroxyl groups is 1. The molecule has 2 heterocycles. The van der Waals surface area contributed by atoms with E-state index in [-0.39, 0.29) is 6.04 Å². The number of aryl methyl sites for hydroxylation is 1. The van der Waals surface area contributed by atoms with Gasteiger partial charge in [-0.25, -0.2) is 0 Å². The molecule has 8 heteroatoms. The molecule has 24 heavy (non-hydrogen) atoms. The lowest BCUT2D eigenvalue weighted by molar-refractivity contribution is -0.137. The molecule has 130 valence electrons. The zero-order chi connectivity index (χ0) is 17.3. The average Bonchev–Trinajstić information content (AvgIpc) is 3.13. The number of halogens is 3. The van der Waals surface area contributed by atoms with Crippen molar-refractivity contribution in [3.63, 3.8) is 0 Å². The second-order valence-corrected chi connectivity index (χ2v) is 5.90. The lowest BCUT2D eigenvalue weighted by Gasteiger charge is -2.23. The molecule has 0 spiro atoms. The van der Waals surface area contributed by atoms with Crippen LogP contribution in [0.2, 0.25) is 0 Å². The third kappa shape index (κ3) is 3.59. The quantitative estimate of drug-likeness (QED) is 0.926. The topological polar surface area (TPSA) is 62.4 Å². The number of hydrogen-bond donors (Lipinski definition) is 1. The molecule has 1 aliphatic rings. The summed E-state index contributed by atoms with van der Waals surface area (Å²) in [7, 11) is 0. The second-order valence-electron chi connectivity index (χ2n) is 5.90. The maximum Gasteiger partial charge on any atom is 0.416 e. The SMILES string of the molecule is CCc1nnc(CN2C[C@H](O)C[C@H]2c2cccc(C(F)(F)F)c2)o1. The first-order chi connectivity index (χ1) is 11.4. The number of likely N-dealkylation sites (tertiary alicyclic amines) is 1. The number of aromatic nitrogens is 2. The summed E-state index contributed by atoms with van der Waals surface area (Å²) in [5.74, 6) is 0.915. The van der Waals surface area contributed by atoms with Gasteiger partial charge in [0.15, 0.2) is 0 Å². The fourth-order valence-electron chi connectivity index (χ4n) is 2.99. The number of nitrogens with zero attached hydrogens (tertiary/aromatic N) is 3. The van der Waals surface area contributed by atoms with Crippen molar-refractivity contribution < 1.29 is 22.7 Å². The number of hydrogen-bond acceptors (Lipinski definition) is 5. The molecule has 1 fully saturated rings. The summed E-state index contributed by atoms with van der Waals surface area (Å²) in [6.45, 7) is 2.54. The zero-order valence-corrected chi connectivity index (χ0v) is 13.1. The molecule has 1 N–H and O–H groups in total. The molecule has 0 unspecified atom stereocenters. The molecule has 0 aliphatic carbocycles. The molecule has 1 aromatic heterocycles. The first-order valence-electron chi connectivity index (χ1n) is 7.77. The standard InChI is InChI=1S/C16H18F3N3O2/c1-2-14-20-21-15(24-14)9-22-8-12(23)7-13(22)10-4-3-5-11(6-10)16(17,18)19/h3-6,12-13,23H,2,7-9H2,1H3/t12-,13+/m1/s1. The van der Waals surface area contributed by atoms with Crippen molar-refractivity contribution in [3.8, 4) is 0 Å². The van der Waals surface area contributed by atoms with Crippen LogP contribution in [-0.4, -0.2) is 32.9 Å². The van der Waals surface area contributed by atoms with E-state index in [1.54, 1.807) is 6.07 Å². The molecule has 5 nitrogen and oxygen atoms in total. The van der Waals surface area contributed by atoms with Crippen molar-refractivity contribution in [2.45, 2.75) is 44.6 Å². The van der Waals surface area contributed by atoms with Crippen molar-refractivity contribution in [1.82, 2.24) is 15.1 Å². The Bertz CT molecular complexity index is 702. The monoisotopic (exact) mass is 341 g/mol. The molecule has 0 radical (unpaired) electrons. The minimum atomic E-state index is -4.39. The molecule has 2 aromatic rings. The van der Waals surface area contributed by atoms with Gasteiger partial charge >= 0.3 is 6.18 Å². The fraction of sp³-hybridized carbons (Fsp3) is 0.500. The highest BCUT2D eigenvalue weighted by Crippen LogP contribution is 2.36. The molecule has 0 bridgehead atoms. The van der Waals surface area contributed by atoms with Gasteiger partial charge in [0, 0.05) is 19.0 Å². The van der Waals surface area contributed by atoms with E-state index in [0.717, 1.165) is 12.1 Å². The summed E-state index contributed by atoms with van der Waals surface area (Å²) in [5.41, 5.74) is -0.163. The Hall–Kier alpha value is -1.93. The molecule has 2 atom stereocenters. The molecule has 3 rings (SSSR count). The average molecular weight is 341 g/mol. The number of β-amino-alcohol motifs (C(OH)–C–C–N with tert-alkyl or cyclic N) is 1. The first-order valence-corrected chi connectivity index (χ1v) is 7.77. The van der Waals surface area contributed by atoms with E-state index in [4.69, 9.17) is 4.42 Å². The van der Waals surface area contributed by atoms with Crippen molar-refractivity contribution in [3.05, 3.63) is 47.2 Å². The predicted octanol–water partition coefficient (Wildman–Crippen LogP) is 2.96. The van der Waals surface area contributed by atoms with Crippen LogP contribution in [0, 0.1) is 0 Å². The highest BCUT2D eigenvalue weighted by Gasteiger charge is 2.35. The highest BCUT2D eigenvalue weighted by atomic mass is 19.4. The Morgan fingerprint density at radius 1 is 1.29 bits per heavy atom. The Balaban J connectivity index is 1.82. The highest BCUT2D eigenvalue weighted by molar-refractivity contribution is 5.29. The summed E-state index contributed by atoms with van der Waals surface area (Å²) < 4.78 is 44.2. The third-order valence-corrected chi connectivity index (χ3v) is 4.13. The summed E-state index contributed by atoms with van der Waals surface area (Å²) in [6.07, 6.45) is -4.00. The molecule has 0 saturated carbocycles. The van der Waals surface area contributed by atoms with Crippen LogP contribution in [0.1, 0.15) is 42.3 Å². The van der Waals surface area contributed by atoms with Crippen LogP contribution >= 0.6 is 0 Å². The van der Waals surface area contributed by atoms with Gasteiger partial charge in [-0.05, 0) is 24.1 Å². The van der Waals surface area contributed by atoms with E-state index in [9.17, 15) is 18.3 Å². The van der Waals surface area contributed by atoms with E-state index < -0.39 is 17.8 Å². The molecule has 1 aliphatic heterocycles. The number of aliphatic hydroxyl groups excluding tert-OH is 1. The van der Waals surface area contributed by atoms with Crippen molar-refractivity contribution in [2.75, 3.05) is 6.54 Å². The molecular formula is C16H18F3N3O2. The number of alkyl halides is 3. The van der Waals surface area contributed by atoms with Crippen LogP contribution in [0.25, 0.3) is 0 Å². The van der Waals surface area contributed by atoms with Gasteiger partial charge in [0.1, 0.15) is 0 Å². The van der Waals surface area contributed by atoms with Gasteiger partial charge in [-0.3, -0.25) is 4.90 Å². The van der Waals surface area contributed by atoms with Crippen LogP contribution in [-0.2, 0) is 19.1 Å². The van der Waals surface area contributed by atoms with E-state index >= 15 is 0 Å². The first kappa shape index (κ1) is 16.9. The molecule has 0 amide bonds. The van der Waals surface area contributed by atoms with Crippen LogP contribution in [0.4, 0.5) is 13.2 Å². The number of benzene rings is 1. The van der Waals surface area contributed by atoms with E-state index in [0.29, 0.717) is 43.3 Å². The zero-order valence-electron chi connectivity index (χ0n) is 13.1. The maximum absolute atomic E-state index is 12.9. The maximum atomic E-state index is 12.9. The minimum Gasteiger partial charge on any atom is -0.424 e. The summed E-state index contributed by atoms with van der Waals surface area (Å²) in [4.78, 5) is 1.87. The van der Waals surface area contributed by atoms with E-state index in [1.165, 1.54) is 6.07 Å². The van der Waals surface area contributed by atoms with Gasteiger partial charge in [-0.15, -0.1) is 10.2 Å². The summed E-state index contributed by atoms with van der Waals surface area (Å²) in [5, 5.41) is 17.8. The van der Waals surface area contributed by atoms with Crippen molar-refractivity contribution in [2.24, 2.45) is 0 Å². The van der Waals surface area contributed by atoms with Gasteiger partial charge in [-0.1, -0.05) is 19.1 Å². The van der Waals surface area contributed by atoms with Gasteiger partial charge in [0.25, 0.3) is 0 Å². The van der Waals surface area contributed by atoms with E-state index in [1.807, 2.05) is 11.8 Å². The van der Waals surface area contributed by atoms with Crippen molar-refractivity contribution in [1.29, 1.82) is 0 Å². The van der Waals surface area contributed by atoms with Crippen molar-refractivity contribution >= 4 is 0 Å². The Morgan fingerprint density at radius 3 is 2.71 bits per heavy atom. The lowest BCUT2D eigenvalue weighted by atomic mass is 10.0.